The third-order valence-corrected chi connectivity index (χ3v) is 2.43. The van der Waals surface area contributed by atoms with Crippen LogP contribution in [0, 0.1) is 0 Å². The number of rotatable bonds is 3. The number of benzene rings is 1. The monoisotopic (exact) mass is 173 g/mol. The van der Waals surface area contributed by atoms with Crippen molar-refractivity contribution in [2.45, 2.75) is 19.8 Å². The molecule has 1 aliphatic heterocycles. The summed E-state index contributed by atoms with van der Waals surface area (Å²) in [4.78, 5) is 0. The van der Waals surface area contributed by atoms with Crippen molar-refractivity contribution < 1.29 is 0 Å². The molecule has 0 bridgehead atoms. The summed E-state index contributed by atoms with van der Waals surface area (Å²) in [5.74, 6) is 0. The minimum absolute atomic E-state index is 1.02. The van der Waals surface area contributed by atoms with Gasteiger partial charge >= 0.3 is 0 Å². The van der Waals surface area contributed by atoms with Crippen LogP contribution in [0.4, 0.5) is 0 Å². The molecule has 0 saturated carbocycles. The van der Waals surface area contributed by atoms with Gasteiger partial charge in [-0.15, -0.1) is 0 Å². The van der Waals surface area contributed by atoms with Crippen molar-refractivity contribution in [2.75, 3.05) is 6.54 Å². The van der Waals surface area contributed by atoms with E-state index in [1.807, 2.05) is 0 Å². The third-order valence-electron chi connectivity index (χ3n) is 2.43. The summed E-state index contributed by atoms with van der Waals surface area (Å²) in [5.41, 5.74) is 4.22. The van der Waals surface area contributed by atoms with E-state index in [2.05, 4.69) is 42.7 Å². The van der Waals surface area contributed by atoms with Crippen LogP contribution < -0.4 is 5.32 Å². The zero-order valence-corrected chi connectivity index (χ0v) is 8.01. The molecular formula is C12H15N. The van der Waals surface area contributed by atoms with Crippen LogP contribution in [0.5, 0.6) is 0 Å². The summed E-state index contributed by atoms with van der Waals surface area (Å²) in [6, 6.07) is 8.91. The van der Waals surface area contributed by atoms with E-state index in [9.17, 15) is 0 Å². The van der Waals surface area contributed by atoms with Crippen molar-refractivity contribution in [3.05, 3.63) is 41.6 Å². The number of hydrogen-bond acceptors (Lipinski definition) is 1. The predicted octanol–water partition coefficient (Wildman–Crippen LogP) is 2.58. The molecule has 1 nitrogen and oxygen atoms in total. The fourth-order valence-electron chi connectivity index (χ4n) is 1.56. The summed E-state index contributed by atoms with van der Waals surface area (Å²) in [5, 5.41) is 3.14. The Labute approximate surface area is 79.5 Å². The van der Waals surface area contributed by atoms with Gasteiger partial charge in [-0.2, -0.15) is 0 Å². The van der Waals surface area contributed by atoms with Gasteiger partial charge in [0.2, 0.25) is 0 Å². The van der Waals surface area contributed by atoms with E-state index in [0.29, 0.717) is 0 Å². The molecule has 2 rings (SSSR count). The van der Waals surface area contributed by atoms with Crippen molar-refractivity contribution in [1.29, 1.82) is 0 Å². The maximum atomic E-state index is 3.14. The molecule has 0 radical (unpaired) electrons. The second-order valence-electron chi connectivity index (χ2n) is 3.50. The molecule has 68 valence electrons. The largest absolute Gasteiger partial charge is 0.386 e. The fraction of sp³-hybridized carbons (Fsp3) is 0.333. The summed E-state index contributed by atoms with van der Waals surface area (Å²) in [6.45, 7) is 3.24. The zero-order valence-electron chi connectivity index (χ0n) is 8.01. The second-order valence-corrected chi connectivity index (χ2v) is 3.50. The molecule has 1 aromatic carbocycles. The molecule has 1 aromatic rings. The summed E-state index contributed by atoms with van der Waals surface area (Å²) in [6.07, 6.45) is 4.50. The molecule has 0 spiro atoms. The van der Waals surface area contributed by atoms with Crippen LogP contribution in [-0.4, -0.2) is 6.54 Å². The minimum Gasteiger partial charge on any atom is -0.386 e. The zero-order chi connectivity index (χ0) is 9.10. The quantitative estimate of drug-likeness (QED) is 0.740. The van der Waals surface area contributed by atoms with Gasteiger partial charge in [-0.1, -0.05) is 37.6 Å². The first-order valence-corrected chi connectivity index (χ1v) is 4.92. The van der Waals surface area contributed by atoms with E-state index in [1.54, 1.807) is 0 Å². The molecule has 1 heterocycles. The van der Waals surface area contributed by atoms with Gasteiger partial charge in [0.05, 0.1) is 0 Å². The lowest BCUT2D eigenvalue weighted by Gasteiger charge is -2.16. The predicted molar refractivity (Wildman–Crippen MR) is 56.4 cm³/mol. The Balaban J connectivity index is 2.13. The van der Waals surface area contributed by atoms with Gasteiger partial charge in [0, 0.05) is 12.7 Å². The van der Waals surface area contributed by atoms with Crippen LogP contribution >= 0.6 is 0 Å². The van der Waals surface area contributed by atoms with Crippen LogP contribution in [0.2, 0.25) is 0 Å². The molecule has 1 aliphatic rings. The molecule has 0 aromatic heterocycles. The highest BCUT2D eigenvalue weighted by Crippen LogP contribution is 2.18. The van der Waals surface area contributed by atoms with Crippen LogP contribution in [0.3, 0.4) is 0 Å². The van der Waals surface area contributed by atoms with Gasteiger partial charge in [-0.3, -0.25) is 0 Å². The molecule has 1 N–H and O–H groups in total. The minimum atomic E-state index is 1.02. The van der Waals surface area contributed by atoms with Crippen LogP contribution in [-0.2, 0) is 6.42 Å². The first-order chi connectivity index (χ1) is 6.40. The Hall–Kier alpha value is -1.24. The van der Waals surface area contributed by atoms with Gasteiger partial charge in [0.25, 0.3) is 0 Å². The average Bonchev–Trinajstić information content (AvgIpc) is 2.06. The lowest BCUT2D eigenvalue weighted by atomic mass is 10.0. The molecule has 1 heteroatoms. The van der Waals surface area contributed by atoms with Crippen LogP contribution in [0.15, 0.2) is 30.5 Å². The molecule has 0 fully saturated rings. The number of hydrogen-bond donors (Lipinski definition) is 1. The molecule has 13 heavy (non-hydrogen) atoms. The summed E-state index contributed by atoms with van der Waals surface area (Å²) >= 11 is 0. The van der Waals surface area contributed by atoms with Crippen LogP contribution in [0.25, 0.3) is 5.57 Å². The van der Waals surface area contributed by atoms with Gasteiger partial charge < -0.3 is 5.32 Å². The summed E-state index contributed by atoms with van der Waals surface area (Å²) in [7, 11) is 0. The van der Waals surface area contributed by atoms with Gasteiger partial charge in [0.15, 0.2) is 0 Å². The van der Waals surface area contributed by atoms with Crippen molar-refractivity contribution in [3.8, 4) is 0 Å². The Kier molecular flexibility index (Phi) is 2.35. The van der Waals surface area contributed by atoms with E-state index in [0.717, 1.165) is 6.54 Å². The molecule has 0 saturated heterocycles. The fourth-order valence-corrected chi connectivity index (χ4v) is 1.56. The van der Waals surface area contributed by atoms with Crippen molar-refractivity contribution in [3.63, 3.8) is 0 Å². The van der Waals surface area contributed by atoms with Crippen molar-refractivity contribution in [1.82, 2.24) is 5.32 Å². The smallest absolute Gasteiger partial charge is 0.0415 e. The Morgan fingerprint density at radius 2 is 1.92 bits per heavy atom. The van der Waals surface area contributed by atoms with Gasteiger partial charge in [-0.05, 0) is 23.1 Å². The third kappa shape index (κ3) is 1.74. The van der Waals surface area contributed by atoms with Gasteiger partial charge in [0.1, 0.15) is 0 Å². The lowest BCUT2D eigenvalue weighted by Crippen LogP contribution is -2.20. The molecule has 0 atom stereocenters. The standard InChI is InChI=1S/C12H15N/c1-2-3-10-4-6-11(7-5-10)12-8-13-9-12/h4-8,13H,2-3,9H2,1H3. The highest BCUT2D eigenvalue weighted by atomic mass is 14.9. The normalized spacial score (nSPS) is 14.4. The first-order valence-electron chi connectivity index (χ1n) is 4.92. The Morgan fingerprint density at radius 3 is 2.38 bits per heavy atom. The molecule has 0 aliphatic carbocycles. The van der Waals surface area contributed by atoms with Crippen LogP contribution in [0.1, 0.15) is 24.5 Å². The van der Waals surface area contributed by atoms with E-state index < -0.39 is 0 Å². The number of nitrogens with one attached hydrogen (secondary N) is 1. The van der Waals surface area contributed by atoms with Gasteiger partial charge in [-0.25, -0.2) is 0 Å². The van der Waals surface area contributed by atoms with Crippen molar-refractivity contribution >= 4 is 5.57 Å². The van der Waals surface area contributed by atoms with Crippen molar-refractivity contribution in [2.24, 2.45) is 0 Å². The SMILES string of the molecule is CCCc1ccc(C2=CNC2)cc1. The lowest BCUT2D eigenvalue weighted by molar-refractivity contribution is 0.915. The Morgan fingerprint density at radius 1 is 1.23 bits per heavy atom. The maximum absolute atomic E-state index is 3.14. The first kappa shape index (κ1) is 8.36. The van der Waals surface area contributed by atoms with E-state index in [4.69, 9.17) is 0 Å². The van der Waals surface area contributed by atoms with E-state index in [1.165, 1.54) is 29.5 Å². The molecular weight excluding hydrogens is 158 g/mol. The second kappa shape index (κ2) is 3.65. The highest BCUT2D eigenvalue weighted by molar-refractivity contribution is 5.70. The maximum Gasteiger partial charge on any atom is 0.0415 e. The van der Waals surface area contributed by atoms with E-state index >= 15 is 0 Å². The molecule has 0 unspecified atom stereocenters. The number of aryl methyl sites for hydroxylation is 1. The van der Waals surface area contributed by atoms with E-state index in [-0.39, 0.29) is 0 Å². The average molecular weight is 173 g/mol. The molecule has 0 amide bonds. The summed E-state index contributed by atoms with van der Waals surface area (Å²) < 4.78 is 0. The highest BCUT2D eigenvalue weighted by Gasteiger charge is 2.06. The Bertz CT molecular complexity index is 308. The topological polar surface area (TPSA) is 12.0 Å².